The van der Waals surface area contributed by atoms with Crippen LogP contribution in [0.3, 0.4) is 0 Å². The summed E-state index contributed by atoms with van der Waals surface area (Å²) < 4.78 is 0. The zero-order valence-corrected chi connectivity index (χ0v) is 20.6. The number of benzene rings is 2. The van der Waals surface area contributed by atoms with E-state index in [1.165, 1.54) is 0 Å². The van der Waals surface area contributed by atoms with Crippen molar-refractivity contribution in [3.05, 3.63) is 60.2 Å². The molecule has 0 bridgehead atoms. The molecule has 3 amide bonds. The van der Waals surface area contributed by atoms with Crippen LogP contribution in [0.15, 0.2) is 54.6 Å². The first-order chi connectivity index (χ1) is 16.8. The lowest BCUT2D eigenvalue weighted by atomic mass is 10.0. The van der Waals surface area contributed by atoms with Crippen molar-refractivity contribution in [2.24, 2.45) is 11.5 Å². The highest BCUT2D eigenvalue weighted by molar-refractivity contribution is 5.91. The van der Waals surface area contributed by atoms with Crippen LogP contribution in [0.1, 0.15) is 52.0 Å². The van der Waals surface area contributed by atoms with Crippen molar-refractivity contribution in [1.29, 1.82) is 0 Å². The van der Waals surface area contributed by atoms with Gasteiger partial charge in [0.05, 0.1) is 6.04 Å². The van der Waals surface area contributed by atoms with Gasteiger partial charge < -0.3 is 21.9 Å². The number of carboxylic acid groups (broad SMARTS) is 1. The van der Waals surface area contributed by atoms with Crippen molar-refractivity contribution >= 4 is 30.5 Å². The number of nitrogens with one attached hydrogen (secondary N) is 1. The Hall–Kier alpha value is -4.01. The number of carbonyl (C=O) groups excluding carboxylic acids is 4. The van der Waals surface area contributed by atoms with Gasteiger partial charge in [0.2, 0.25) is 18.2 Å². The van der Waals surface area contributed by atoms with Gasteiger partial charge in [-0.25, -0.2) is 0 Å². The summed E-state index contributed by atoms with van der Waals surface area (Å²) in [7, 11) is 0. The van der Waals surface area contributed by atoms with Crippen molar-refractivity contribution in [2.75, 3.05) is 0 Å². The molecule has 2 rings (SSSR count). The Morgan fingerprint density at radius 2 is 1.40 bits per heavy atom. The van der Waals surface area contributed by atoms with E-state index in [9.17, 15) is 14.4 Å². The van der Waals surface area contributed by atoms with Gasteiger partial charge in [-0.05, 0) is 29.5 Å². The molecule has 2 aromatic rings. The molecular weight excluding hydrogens is 450 g/mol. The summed E-state index contributed by atoms with van der Waals surface area (Å²) in [5.74, 6) is -0.832. The standard InChI is InChI=1S/C22H26N2O3.C2H6.CH3NO.CH2O2/c1-2-19(20(25)13-14-21(23)26)24-22(27)15-10-16-8-11-18(12-9-16)17-6-4-3-5-7-17;1-2;2*2-1-3/h3-9,11-12,19H,2,10,13-15H2,1H3,(H2,23,26)(H,24,27);1-2H3;1H,(H2,2,3);1H,(H,2,3)/t19-;;;/m0.../s1. The largest absolute Gasteiger partial charge is 0.483 e. The molecule has 35 heavy (non-hydrogen) atoms. The Bertz CT molecular complexity index is 864. The molecule has 0 aromatic heterocycles. The number of primary amides is 2. The van der Waals surface area contributed by atoms with E-state index in [-0.39, 0.29) is 37.4 Å². The molecule has 9 nitrogen and oxygen atoms in total. The van der Waals surface area contributed by atoms with Crippen LogP contribution in [0, 0.1) is 0 Å². The van der Waals surface area contributed by atoms with Crippen molar-refractivity contribution in [3.8, 4) is 11.1 Å². The Morgan fingerprint density at radius 1 is 0.914 bits per heavy atom. The van der Waals surface area contributed by atoms with E-state index in [2.05, 4.69) is 23.2 Å². The highest BCUT2D eigenvalue weighted by Crippen LogP contribution is 2.19. The molecule has 0 unspecified atom stereocenters. The number of hydrogen-bond acceptors (Lipinski definition) is 5. The molecule has 0 aliphatic carbocycles. The first-order valence-electron chi connectivity index (χ1n) is 11.3. The second-order valence-corrected chi connectivity index (χ2v) is 6.77. The number of rotatable bonds is 10. The molecular formula is C26H37N3O6. The number of carbonyl (C=O) groups is 5. The second kappa shape index (κ2) is 21.8. The summed E-state index contributed by atoms with van der Waals surface area (Å²) in [6.45, 7) is 5.58. The maximum atomic E-state index is 12.2. The predicted octanol–water partition coefficient (Wildman–Crippen LogP) is 2.84. The van der Waals surface area contributed by atoms with E-state index in [0.29, 0.717) is 19.3 Å². The second-order valence-electron chi connectivity index (χ2n) is 6.77. The lowest BCUT2D eigenvalue weighted by molar-refractivity contribution is -0.128. The third-order valence-electron chi connectivity index (χ3n) is 4.45. The van der Waals surface area contributed by atoms with Crippen LogP contribution < -0.4 is 16.8 Å². The Morgan fingerprint density at radius 3 is 1.86 bits per heavy atom. The molecule has 0 saturated carbocycles. The van der Waals surface area contributed by atoms with Gasteiger partial charge in [0.1, 0.15) is 0 Å². The fourth-order valence-electron chi connectivity index (χ4n) is 2.85. The molecule has 0 spiro atoms. The molecule has 192 valence electrons. The van der Waals surface area contributed by atoms with Crippen molar-refractivity contribution in [1.82, 2.24) is 5.32 Å². The van der Waals surface area contributed by atoms with E-state index >= 15 is 0 Å². The van der Waals surface area contributed by atoms with Crippen molar-refractivity contribution < 1.29 is 29.1 Å². The molecule has 6 N–H and O–H groups in total. The highest BCUT2D eigenvalue weighted by atomic mass is 16.3. The van der Waals surface area contributed by atoms with Crippen LogP contribution in [-0.4, -0.2) is 41.6 Å². The van der Waals surface area contributed by atoms with Gasteiger partial charge >= 0.3 is 0 Å². The fraction of sp³-hybridized carbons (Fsp3) is 0.346. The van der Waals surface area contributed by atoms with Crippen LogP contribution in [0.5, 0.6) is 0 Å². The average Bonchev–Trinajstić information content (AvgIpc) is 2.87. The minimum absolute atomic E-state index is 0.0129. The molecule has 1 atom stereocenters. The number of nitrogens with two attached hydrogens (primary N) is 2. The molecule has 9 heteroatoms. The van der Waals surface area contributed by atoms with E-state index < -0.39 is 11.9 Å². The van der Waals surface area contributed by atoms with Gasteiger partial charge in [-0.2, -0.15) is 0 Å². The van der Waals surface area contributed by atoms with Crippen LogP contribution in [-0.2, 0) is 30.4 Å². The minimum Gasteiger partial charge on any atom is -0.483 e. The number of amides is 3. The lowest BCUT2D eigenvalue weighted by Gasteiger charge is -2.15. The van der Waals surface area contributed by atoms with E-state index in [1.807, 2.05) is 63.2 Å². The zero-order valence-electron chi connectivity index (χ0n) is 20.6. The molecule has 0 radical (unpaired) electrons. The number of ketones is 1. The average molecular weight is 488 g/mol. The predicted molar refractivity (Wildman–Crippen MR) is 136 cm³/mol. The van der Waals surface area contributed by atoms with Crippen LogP contribution in [0.25, 0.3) is 11.1 Å². The normalized spacial score (nSPS) is 9.80. The quantitative estimate of drug-likeness (QED) is 0.375. The van der Waals surface area contributed by atoms with Gasteiger partial charge in [-0.3, -0.25) is 24.0 Å². The minimum atomic E-state index is -0.558. The van der Waals surface area contributed by atoms with Crippen LogP contribution >= 0.6 is 0 Å². The van der Waals surface area contributed by atoms with Crippen molar-refractivity contribution in [3.63, 3.8) is 0 Å². The maximum Gasteiger partial charge on any atom is 0.290 e. The van der Waals surface area contributed by atoms with Crippen LogP contribution in [0.4, 0.5) is 0 Å². The summed E-state index contributed by atoms with van der Waals surface area (Å²) in [6.07, 6.45) is 1.74. The molecule has 2 aromatic carbocycles. The van der Waals surface area contributed by atoms with Gasteiger partial charge in [0.25, 0.3) is 6.47 Å². The van der Waals surface area contributed by atoms with E-state index in [1.54, 1.807) is 0 Å². The molecule has 0 fully saturated rings. The Balaban J connectivity index is 0. The molecule has 0 aliphatic rings. The molecule has 0 heterocycles. The third-order valence-corrected chi connectivity index (χ3v) is 4.45. The lowest BCUT2D eigenvalue weighted by Crippen LogP contribution is -2.40. The first-order valence-corrected chi connectivity index (χ1v) is 11.3. The number of aryl methyl sites for hydroxylation is 1. The highest BCUT2D eigenvalue weighted by Gasteiger charge is 2.18. The number of hydrogen-bond donors (Lipinski definition) is 4. The summed E-state index contributed by atoms with van der Waals surface area (Å²) >= 11 is 0. The number of Topliss-reactive ketones (excluding diaryl/α,β-unsaturated/α-hetero) is 1. The summed E-state index contributed by atoms with van der Waals surface area (Å²) in [4.78, 5) is 51.9. The van der Waals surface area contributed by atoms with Gasteiger partial charge in [-0.1, -0.05) is 75.4 Å². The summed E-state index contributed by atoms with van der Waals surface area (Å²) in [6, 6.07) is 17.7. The zero-order chi connectivity index (χ0) is 27.1. The molecule has 0 aliphatic heterocycles. The van der Waals surface area contributed by atoms with Gasteiger partial charge in [0, 0.05) is 19.3 Å². The first kappa shape index (κ1) is 33.2. The smallest absolute Gasteiger partial charge is 0.290 e. The summed E-state index contributed by atoms with van der Waals surface area (Å²) in [5.41, 5.74) is 12.6. The van der Waals surface area contributed by atoms with Crippen LogP contribution in [0.2, 0.25) is 0 Å². The van der Waals surface area contributed by atoms with Gasteiger partial charge in [-0.15, -0.1) is 0 Å². The topological polar surface area (TPSA) is 170 Å². The van der Waals surface area contributed by atoms with E-state index in [4.69, 9.17) is 20.4 Å². The maximum absolute atomic E-state index is 12.2. The Kier molecular flexibility index (Phi) is 20.7. The van der Waals surface area contributed by atoms with Gasteiger partial charge in [0.15, 0.2) is 5.78 Å². The Labute approximate surface area is 206 Å². The summed E-state index contributed by atoms with van der Waals surface area (Å²) in [5, 5.41) is 9.65. The van der Waals surface area contributed by atoms with Crippen molar-refractivity contribution in [2.45, 2.75) is 58.9 Å². The fourth-order valence-corrected chi connectivity index (χ4v) is 2.85. The van der Waals surface area contributed by atoms with E-state index in [0.717, 1.165) is 16.7 Å². The SMILES string of the molecule is CC.CC[C@H](NC(=O)CCc1ccc(-c2ccccc2)cc1)C(=O)CCC(N)=O.NC=O.O=CO. The monoisotopic (exact) mass is 487 g/mol. The third kappa shape index (κ3) is 16.3. The molecule has 0 saturated heterocycles.